The van der Waals surface area contributed by atoms with Crippen LogP contribution in [-0.2, 0) is 6.42 Å². The van der Waals surface area contributed by atoms with Crippen LogP contribution in [0.15, 0.2) is 24.3 Å². The number of hydrogen-bond acceptors (Lipinski definition) is 2. The van der Waals surface area contributed by atoms with Gasteiger partial charge in [-0.15, -0.1) is 0 Å². The smallest absolute Gasteiger partial charge is 0.0401 e. The Morgan fingerprint density at radius 2 is 1.90 bits per heavy atom. The van der Waals surface area contributed by atoms with Crippen LogP contribution in [0.2, 0.25) is 0 Å². The molecule has 0 unspecified atom stereocenters. The van der Waals surface area contributed by atoms with E-state index in [4.69, 9.17) is 5.73 Å². The predicted molar refractivity (Wildman–Crippen MR) is 88.3 cm³/mol. The van der Waals surface area contributed by atoms with Gasteiger partial charge in [0.25, 0.3) is 0 Å². The average molecular weight is 274 g/mol. The van der Waals surface area contributed by atoms with Crippen LogP contribution < -0.4 is 10.6 Å². The molecule has 0 heterocycles. The molecular formula is C18H30N2. The van der Waals surface area contributed by atoms with E-state index in [1.807, 2.05) is 0 Å². The van der Waals surface area contributed by atoms with Crippen molar-refractivity contribution in [1.29, 1.82) is 0 Å². The topological polar surface area (TPSA) is 29.3 Å². The van der Waals surface area contributed by atoms with Crippen LogP contribution in [0.1, 0.15) is 51.5 Å². The molecule has 1 saturated carbocycles. The summed E-state index contributed by atoms with van der Waals surface area (Å²) in [5, 5.41) is 0. The summed E-state index contributed by atoms with van der Waals surface area (Å²) in [6.45, 7) is 6.56. The number of hydrogen-bond donors (Lipinski definition) is 1. The monoisotopic (exact) mass is 274 g/mol. The van der Waals surface area contributed by atoms with Gasteiger partial charge in [-0.2, -0.15) is 0 Å². The number of rotatable bonds is 7. The lowest BCUT2D eigenvalue weighted by atomic mass is 10.0. The Bertz CT molecular complexity index is 394. The molecule has 0 amide bonds. The quantitative estimate of drug-likeness (QED) is 0.815. The fourth-order valence-electron chi connectivity index (χ4n) is 3.27. The number of nitrogens with zero attached hydrogens (tertiary/aromatic N) is 1. The summed E-state index contributed by atoms with van der Waals surface area (Å²) in [7, 11) is 0. The van der Waals surface area contributed by atoms with Gasteiger partial charge in [-0.1, -0.05) is 44.9 Å². The molecule has 2 N–H and O–H groups in total. The number of benzene rings is 1. The van der Waals surface area contributed by atoms with Crippen molar-refractivity contribution in [2.75, 3.05) is 18.0 Å². The Kier molecular flexibility index (Phi) is 5.90. The Morgan fingerprint density at radius 3 is 2.55 bits per heavy atom. The maximum atomic E-state index is 5.79. The molecule has 0 spiro atoms. The first-order valence-electron chi connectivity index (χ1n) is 8.27. The molecule has 0 bridgehead atoms. The highest BCUT2D eigenvalue weighted by Gasteiger charge is 2.24. The number of nitrogens with two attached hydrogens (primary N) is 1. The summed E-state index contributed by atoms with van der Waals surface area (Å²) in [6.07, 6.45) is 7.75. The largest absolute Gasteiger partial charge is 0.368 e. The van der Waals surface area contributed by atoms with Crippen LogP contribution in [0.4, 0.5) is 5.69 Å². The normalized spacial score (nSPS) is 16.0. The fraction of sp³-hybridized carbons (Fsp3) is 0.667. The van der Waals surface area contributed by atoms with E-state index in [2.05, 4.69) is 43.0 Å². The second kappa shape index (κ2) is 7.68. The first-order valence-corrected chi connectivity index (χ1v) is 8.27. The van der Waals surface area contributed by atoms with Gasteiger partial charge in [0.1, 0.15) is 0 Å². The lowest BCUT2D eigenvalue weighted by Crippen LogP contribution is -2.35. The van der Waals surface area contributed by atoms with Crippen LogP contribution >= 0.6 is 0 Å². The third kappa shape index (κ3) is 3.99. The molecule has 2 rings (SSSR count). The third-order valence-corrected chi connectivity index (χ3v) is 4.43. The van der Waals surface area contributed by atoms with Crippen LogP contribution in [0.3, 0.4) is 0 Å². The maximum Gasteiger partial charge on any atom is 0.0401 e. The molecule has 0 atom stereocenters. The van der Waals surface area contributed by atoms with Gasteiger partial charge in [-0.3, -0.25) is 0 Å². The van der Waals surface area contributed by atoms with E-state index >= 15 is 0 Å². The Morgan fingerprint density at radius 1 is 1.20 bits per heavy atom. The van der Waals surface area contributed by atoms with Crippen molar-refractivity contribution in [1.82, 2.24) is 0 Å². The predicted octanol–water partition coefficient (Wildman–Crippen LogP) is 3.98. The molecule has 2 heteroatoms. The van der Waals surface area contributed by atoms with Crippen molar-refractivity contribution >= 4 is 5.69 Å². The zero-order valence-corrected chi connectivity index (χ0v) is 13.1. The molecule has 0 aromatic heterocycles. The number of anilines is 1. The first kappa shape index (κ1) is 15.4. The molecule has 20 heavy (non-hydrogen) atoms. The van der Waals surface area contributed by atoms with Crippen molar-refractivity contribution in [3.8, 4) is 0 Å². The summed E-state index contributed by atoms with van der Waals surface area (Å²) in [4.78, 5) is 2.68. The highest BCUT2D eigenvalue weighted by atomic mass is 15.2. The van der Waals surface area contributed by atoms with E-state index < -0.39 is 0 Å². The van der Waals surface area contributed by atoms with Gasteiger partial charge in [-0.05, 0) is 49.8 Å². The molecule has 1 fully saturated rings. The second-order valence-electron chi connectivity index (χ2n) is 6.48. The second-order valence-corrected chi connectivity index (χ2v) is 6.48. The minimum Gasteiger partial charge on any atom is -0.368 e. The Hall–Kier alpha value is -1.02. The van der Waals surface area contributed by atoms with E-state index in [0.717, 1.165) is 24.9 Å². The number of para-hydroxylation sites is 1. The minimum atomic E-state index is 0.736. The summed E-state index contributed by atoms with van der Waals surface area (Å²) >= 11 is 0. The van der Waals surface area contributed by atoms with E-state index in [-0.39, 0.29) is 0 Å². The molecule has 1 aromatic rings. The van der Waals surface area contributed by atoms with Gasteiger partial charge < -0.3 is 10.6 Å². The lowest BCUT2D eigenvalue weighted by Gasteiger charge is -2.33. The minimum absolute atomic E-state index is 0.736. The van der Waals surface area contributed by atoms with Gasteiger partial charge in [0.05, 0.1) is 0 Å². The third-order valence-electron chi connectivity index (χ3n) is 4.43. The van der Waals surface area contributed by atoms with E-state index in [1.54, 1.807) is 0 Å². The Balaban J connectivity index is 2.20. The van der Waals surface area contributed by atoms with Gasteiger partial charge in [0, 0.05) is 18.3 Å². The zero-order valence-electron chi connectivity index (χ0n) is 13.1. The summed E-state index contributed by atoms with van der Waals surface area (Å²) in [5.74, 6) is 0.764. The maximum absolute atomic E-state index is 5.79. The van der Waals surface area contributed by atoms with Gasteiger partial charge in [0.15, 0.2) is 0 Å². The van der Waals surface area contributed by atoms with Crippen molar-refractivity contribution in [3.63, 3.8) is 0 Å². The van der Waals surface area contributed by atoms with Crippen LogP contribution in [0, 0.1) is 5.92 Å². The molecule has 2 nitrogen and oxygen atoms in total. The molecule has 1 aliphatic carbocycles. The molecule has 0 radical (unpaired) electrons. The van der Waals surface area contributed by atoms with Gasteiger partial charge >= 0.3 is 0 Å². The van der Waals surface area contributed by atoms with E-state index in [9.17, 15) is 0 Å². The fourth-order valence-corrected chi connectivity index (χ4v) is 3.27. The Labute approximate surface area is 124 Å². The highest BCUT2D eigenvalue weighted by Crippen LogP contribution is 2.31. The molecule has 112 valence electrons. The molecule has 1 aromatic carbocycles. The summed E-state index contributed by atoms with van der Waals surface area (Å²) in [6, 6.07) is 9.60. The summed E-state index contributed by atoms with van der Waals surface area (Å²) in [5.41, 5.74) is 8.64. The molecular weight excluding hydrogens is 244 g/mol. The SMILES string of the molecule is CC(C)CCN(c1ccccc1CCN)C1CCCC1. The molecule has 1 aliphatic rings. The summed E-state index contributed by atoms with van der Waals surface area (Å²) < 4.78 is 0. The standard InChI is InChI=1S/C18H30N2/c1-15(2)12-14-20(17-8-4-5-9-17)18-10-6-3-7-16(18)11-13-19/h3,6-7,10,15,17H,4-5,8-9,11-14,19H2,1-2H3. The van der Waals surface area contributed by atoms with Crippen molar-refractivity contribution in [3.05, 3.63) is 29.8 Å². The zero-order chi connectivity index (χ0) is 14.4. The first-order chi connectivity index (χ1) is 9.72. The van der Waals surface area contributed by atoms with Crippen LogP contribution in [0.5, 0.6) is 0 Å². The van der Waals surface area contributed by atoms with E-state index in [1.165, 1.54) is 49.9 Å². The van der Waals surface area contributed by atoms with Crippen molar-refractivity contribution in [2.24, 2.45) is 11.7 Å². The highest BCUT2D eigenvalue weighted by molar-refractivity contribution is 5.54. The van der Waals surface area contributed by atoms with E-state index in [0.29, 0.717) is 0 Å². The molecule has 0 aliphatic heterocycles. The van der Waals surface area contributed by atoms with Crippen molar-refractivity contribution < 1.29 is 0 Å². The molecule has 0 saturated heterocycles. The van der Waals surface area contributed by atoms with Gasteiger partial charge in [-0.25, -0.2) is 0 Å². The van der Waals surface area contributed by atoms with Crippen LogP contribution in [-0.4, -0.2) is 19.1 Å². The van der Waals surface area contributed by atoms with Gasteiger partial charge in [0.2, 0.25) is 0 Å². The lowest BCUT2D eigenvalue weighted by molar-refractivity contribution is 0.527. The van der Waals surface area contributed by atoms with Crippen molar-refractivity contribution in [2.45, 2.75) is 58.4 Å². The average Bonchev–Trinajstić information content (AvgIpc) is 2.95. The van der Waals surface area contributed by atoms with Crippen LogP contribution in [0.25, 0.3) is 0 Å².